The summed E-state index contributed by atoms with van der Waals surface area (Å²) in [5.41, 5.74) is 3.83. The van der Waals surface area contributed by atoms with Crippen molar-refractivity contribution < 1.29 is 9.90 Å². The van der Waals surface area contributed by atoms with Crippen molar-refractivity contribution in [1.82, 2.24) is 0 Å². The number of allylic oxidation sites excluding steroid dienone is 1. The van der Waals surface area contributed by atoms with Crippen LogP contribution in [0.5, 0.6) is 0 Å². The van der Waals surface area contributed by atoms with Gasteiger partial charge >= 0.3 is 5.97 Å². The molecule has 0 aliphatic rings. The molecule has 2 heteroatoms. The molecule has 0 aliphatic heterocycles. The van der Waals surface area contributed by atoms with Crippen LogP contribution in [0.1, 0.15) is 23.1 Å². The minimum Gasteiger partial charge on any atom is -0.478 e. The Morgan fingerprint density at radius 1 is 1.40 bits per heavy atom. The van der Waals surface area contributed by atoms with Gasteiger partial charge in [-0.2, -0.15) is 0 Å². The SMILES string of the molecule is Cc1ccc(CC/C=C/C(=O)O)c(C)c1. The quantitative estimate of drug-likeness (QED) is 0.766. The molecule has 2 nitrogen and oxygen atoms in total. The highest BCUT2D eigenvalue weighted by molar-refractivity contribution is 5.79. The van der Waals surface area contributed by atoms with Crippen LogP contribution in [0, 0.1) is 13.8 Å². The van der Waals surface area contributed by atoms with Crippen LogP contribution in [0.15, 0.2) is 30.4 Å². The number of rotatable bonds is 4. The Bertz CT molecular complexity index is 378. The summed E-state index contributed by atoms with van der Waals surface area (Å²) in [5.74, 6) is -0.879. The fourth-order valence-electron chi connectivity index (χ4n) is 1.55. The van der Waals surface area contributed by atoms with Gasteiger partial charge in [0.1, 0.15) is 0 Å². The van der Waals surface area contributed by atoms with Crippen molar-refractivity contribution in [3.63, 3.8) is 0 Å². The van der Waals surface area contributed by atoms with Crippen LogP contribution in [-0.2, 0) is 11.2 Å². The van der Waals surface area contributed by atoms with Crippen molar-refractivity contribution in [2.24, 2.45) is 0 Å². The molecule has 0 bridgehead atoms. The van der Waals surface area contributed by atoms with E-state index in [9.17, 15) is 4.79 Å². The van der Waals surface area contributed by atoms with Gasteiger partial charge in [0.15, 0.2) is 0 Å². The largest absolute Gasteiger partial charge is 0.478 e. The van der Waals surface area contributed by atoms with E-state index in [1.165, 1.54) is 22.8 Å². The molecule has 0 atom stereocenters. The van der Waals surface area contributed by atoms with Crippen LogP contribution in [0.2, 0.25) is 0 Å². The molecule has 80 valence electrons. The predicted molar refractivity (Wildman–Crippen MR) is 61.0 cm³/mol. The van der Waals surface area contributed by atoms with E-state index in [0.29, 0.717) is 0 Å². The molecule has 0 unspecified atom stereocenters. The van der Waals surface area contributed by atoms with Crippen molar-refractivity contribution >= 4 is 5.97 Å². The molecule has 15 heavy (non-hydrogen) atoms. The smallest absolute Gasteiger partial charge is 0.327 e. The van der Waals surface area contributed by atoms with Gasteiger partial charge in [-0.05, 0) is 37.8 Å². The van der Waals surface area contributed by atoms with Gasteiger partial charge in [0, 0.05) is 6.08 Å². The van der Waals surface area contributed by atoms with Crippen molar-refractivity contribution in [1.29, 1.82) is 0 Å². The average molecular weight is 204 g/mol. The summed E-state index contributed by atoms with van der Waals surface area (Å²) in [6.07, 6.45) is 4.57. The zero-order chi connectivity index (χ0) is 11.3. The Labute approximate surface area is 90.3 Å². The van der Waals surface area contributed by atoms with Gasteiger partial charge in [-0.1, -0.05) is 29.8 Å². The highest BCUT2D eigenvalue weighted by Gasteiger charge is 1.97. The Balaban J connectivity index is 2.54. The first-order valence-electron chi connectivity index (χ1n) is 5.05. The zero-order valence-corrected chi connectivity index (χ0v) is 9.16. The summed E-state index contributed by atoms with van der Waals surface area (Å²) in [6.45, 7) is 4.16. The molecule has 0 aromatic heterocycles. The molecule has 0 aliphatic carbocycles. The van der Waals surface area contributed by atoms with E-state index in [1.54, 1.807) is 6.08 Å². The number of aryl methyl sites for hydroxylation is 3. The minimum atomic E-state index is -0.879. The van der Waals surface area contributed by atoms with Crippen molar-refractivity contribution in [2.45, 2.75) is 26.7 Å². The number of carbonyl (C=O) groups is 1. The number of carboxylic acid groups (broad SMARTS) is 1. The lowest BCUT2D eigenvalue weighted by atomic mass is 10.0. The Morgan fingerprint density at radius 2 is 2.13 bits per heavy atom. The van der Waals surface area contributed by atoms with E-state index in [0.717, 1.165) is 12.8 Å². The number of benzene rings is 1. The molecule has 0 spiro atoms. The summed E-state index contributed by atoms with van der Waals surface area (Å²) in [6, 6.07) is 6.35. The Kier molecular flexibility index (Phi) is 4.10. The molecule has 0 heterocycles. The van der Waals surface area contributed by atoms with E-state index in [2.05, 4.69) is 32.0 Å². The van der Waals surface area contributed by atoms with Gasteiger partial charge < -0.3 is 5.11 Å². The summed E-state index contributed by atoms with van der Waals surface area (Å²) in [7, 11) is 0. The van der Waals surface area contributed by atoms with Crippen LogP contribution in [0.4, 0.5) is 0 Å². The van der Waals surface area contributed by atoms with Crippen LogP contribution in [-0.4, -0.2) is 11.1 Å². The normalized spacial score (nSPS) is 10.8. The second-order valence-corrected chi connectivity index (χ2v) is 3.71. The second kappa shape index (κ2) is 5.35. The number of hydrogen-bond donors (Lipinski definition) is 1. The second-order valence-electron chi connectivity index (χ2n) is 3.71. The monoisotopic (exact) mass is 204 g/mol. The third-order valence-electron chi connectivity index (χ3n) is 2.34. The van der Waals surface area contributed by atoms with Gasteiger partial charge in [0.2, 0.25) is 0 Å². The minimum absolute atomic E-state index is 0.774. The molecule has 0 saturated carbocycles. The lowest BCUT2D eigenvalue weighted by Gasteiger charge is -2.04. The first-order chi connectivity index (χ1) is 7.09. The summed E-state index contributed by atoms with van der Waals surface area (Å²) >= 11 is 0. The number of hydrogen-bond acceptors (Lipinski definition) is 1. The first kappa shape index (κ1) is 11.5. The van der Waals surface area contributed by atoms with Crippen LogP contribution >= 0.6 is 0 Å². The van der Waals surface area contributed by atoms with Gasteiger partial charge in [-0.25, -0.2) is 4.79 Å². The number of aliphatic carboxylic acids is 1. The first-order valence-corrected chi connectivity index (χ1v) is 5.05. The molecule has 0 amide bonds. The fraction of sp³-hybridized carbons (Fsp3) is 0.308. The zero-order valence-electron chi connectivity index (χ0n) is 9.16. The molecule has 1 aromatic rings. The maximum Gasteiger partial charge on any atom is 0.327 e. The van der Waals surface area contributed by atoms with Crippen molar-refractivity contribution in [2.75, 3.05) is 0 Å². The molecular formula is C13H16O2. The van der Waals surface area contributed by atoms with Gasteiger partial charge in [-0.15, -0.1) is 0 Å². The van der Waals surface area contributed by atoms with E-state index in [-0.39, 0.29) is 0 Å². The highest BCUT2D eigenvalue weighted by Crippen LogP contribution is 2.12. The molecule has 0 fully saturated rings. The molecule has 1 N–H and O–H groups in total. The molecule has 1 aromatic carbocycles. The fourth-order valence-corrected chi connectivity index (χ4v) is 1.55. The van der Waals surface area contributed by atoms with Crippen molar-refractivity contribution in [3.8, 4) is 0 Å². The highest BCUT2D eigenvalue weighted by atomic mass is 16.4. The standard InChI is InChI=1S/C13H16O2/c1-10-7-8-12(11(2)9-10)5-3-4-6-13(14)15/h4,6-9H,3,5H2,1-2H3,(H,14,15)/b6-4+. The van der Waals surface area contributed by atoms with E-state index in [1.807, 2.05) is 0 Å². The predicted octanol–water partition coefficient (Wildman–Crippen LogP) is 2.88. The number of carboxylic acids is 1. The maximum absolute atomic E-state index is 10.2. The summed E-state index contributed by atoms with van der Waals surface area (Å²) in [5, 5.41) is 8.41. The summed E-state index contributed by atoms with van der Waals surface area (Å²) < 4.78 is 0. The van der Waals surface area contributed by atoms with Crippen LogP contribution in [0.3, 0.4) is 0 Å². The average Bonchev–Trinajstić information content (AvgIpc) is 2.14. The van der Waals surface area contributed by atoms with Crippen molar-refractivity contribution in [3.05, 3.63) is 47.0 Å². The van der Waals surface area contributed by atoms with Gasteiger partial charge in [0.05, 0.1) is 0 Å². The Morgan fingerprint density at radius 3 is 2.73 bits per heavy atom. The third kappa shape index (κ3) is 3.98. The molecular weight excluding hydrogens is 188 g/mol. The molecule has 0 radical (unpaired) electrons. The molecule has 1 rings (SSSR count). The topological polar surface area (TPSA) is 37.3 Å². The van der Waals surface area contributed by atoms with Crippen LogP contribution in [0.25, 0.3) is 0 Å². The Hall–Kier alpha value is -1.57. The van der Waals surface area contributed by atoms with E-state index >= 15 is 0 Å². The van der Waals surface area contributed by atoms with E-state index < -0.39 is 5.97 Å². The van der Waals surface area contributed by atoms with Gasteiger partial charge in [-0.3, -0.25) is 0 Å². The third-order valence-corrected chi connectivity index (χ3v) is 2.34. The lowest BCUT2D eigenvalue weighted by molar-refractivity contribution is -0.131. The maximum atomic E-state index is 10.2. The molecule has 0 saturated heterocycles. The van der Waals surface area contributed by atoms with Gasteiger partial charge in [0.25, 0.3) is 0 Å². The summed E-state index contributed by atoms with van der Waals surface area (Å²) in [4.78, 5) is 10.2. The van der Waals surface area contributed by atoms with Crippen LogP contribution < -0.4 is 0 Å². The lowest BCUT2D eigenvalue weighted by Crippen LogP contribution is -1.90. The van der Waals surface area contributed by atoms with E-state index in [4.69, 9.17) is 5.11 Å².